The third kappa shape index (κ3) is 2.35. The van der Waals surface area contributed by atoms with Gasteiger partial charge in [0, 0.05) is 10.9 Å². The van der Waals surface area contributed by atoms with Crippen LogP contribution in [0.15, 0.2) is 16.6 Å². The summed E-state index contributed by atoms with van der Waals surface area (Å²) in [5.74, 6) is 5.96. The summed E-state index contributed by atoms with van der Waals surface area (Å²) in [6.07, 6.45) is 0.872. The van der Waals surface area contributed by atoms with E-state index < -0.39 is 0 Å². The van der Waals surface area contributed by atoms with Crippen LogP contribution in [0, 0.1) is 18.8 Å². The number of aromatic nitrogens is 1. The van der Waals surface area contributed by atoms with E-state index in [4.69, 9.17) is 0 Å². The number of hydrogen-bond acceptors (Lipinski definition) is 1. The summed E-state index contributed by atoms with van der Waals surface area (Å²) in [5, 5.41) is 0. The van der Waals surface area contributed by atoms with Crippen LogP contribution in [0.4, 0.5) is 0 Å². The van der Waals surface area contributed by atoms with Gasteiger partial charge in [-0.2, -0.15) is 0 Å². The molecule has 0 amide bonds. The van der Waals surface area contributed by atoms with Gasteiger partial charge in [-0.3, -0.25) is 0 Å². The molecule has 2 heteroatoms. The quantitative estimate of drug-likeness (QED) is 0.617. The van der Waals surface area contributed by atoms with E-state index in [9.17, 15) is 0 Å². The van der Waals surface area contributed by atoms with Crippen LogP contribution in [-0.2, 0) is 0 Å². The lowest BCUT2D eigenvalue weighted by Gasteiger charge is -1.95. The number of nitrogens with zero attached hydrogens (tertiary/aromatic N) is 1. The fraction of sp³-hybridized carbons (Fsp3) is 0.300. The van der Waals surface area contributed by atoms with Crippen molar-refractivity contribution in [2.24, 2.45) is 0 Å². The zero-order valence-electron chi connectivity index (χ0n) is 7.19. The molecule has 0 unspecified atom stereocenters. The standard InChI is InChI=1S/C10H10BrN/c1-3-4-5-9-6-7-10(11)8(2)12-9/h6-7H,3H2,1-2H3. The van der Waals surface area contributed by atoms with Crippen LogP contribution in [0.3, 0.4) is 0 Å². The minimum absolute atomic E-state index is 0.845. The predicted octanol–water partition coefficient (Wildman–Crippen LogP) is 2.91. The van der Waals surface area contributed by atoms with Crippen molar-refractivity contribution in [1.82, 2.24) is 4.98 Å². The van der Waals surface area contributed by atoms with Crippen molar-refractivity contribution in [3.05, 3.63) is 28.0 Å². The van der Waals surface area contributed by atoms with Crippen LogP contribution in [0.5, 0.6) is 0 Å². The van der Waals surface area contributed by atoms with Crippen molar-refractivity contribution >= 4 is 15.9 Å². The van der Waals surface area contributed by atoms with Crippen LogP contribution in [0.2, 0.25) is 0 Å². The SMILES string of the molecule is CCC#Cc1ccc(Br)c(C)n1. The Morgan fingerprint density at radius 3 is 2.83 bits per heavy atom. The van der Waals surface area contributed by atoms with Gasteiger partial charge >= 0.3 is 0 Å². The molecule has 0 fully saturated rings. The van der Waals surface area contributed by atoms with Crippen molar-refractivity contribution in [2.75, 3.05) is 0 Å². The first-order valence-corrected chi connectivity index (χ1v) is 4.65. The summed E-state index contributed by atoms with van der Waals surface area (Å²) in [5.41, 5.74) is 1.83. The molecule has 0 spiro atoms. The maximum Gasteiger partial charge on any atom is 0.113 e. The van der Waals surface area contributed by atoms with Crippen molar-refractivity contribution in [1.29, 1.82) is 0 Å². The Morgan fingerprint density at radius 2 is 2.25 bits per heavy atom. The fourth-order valence-corrected chi connectivity index (χ4v) is 1.01. The Kier molecular flexibility index (Phi) is 3.31. The van der Waals surface area contributed by atoms with E-state index in [2.05, 4.69) is 32.8 Å². The van der Waals surface area contributed by atoms with Gasteiger partial charge in [0.2, 0.25) is 0 Å². The third-order valence-electron chi connectivity index (χ3n) is 1.41. The average molecular weight is 224 g/mol. The largest absolute Gasteiger partial charge is 0.243 e. The van der Waals surface area contributed by atoms with E-state index in [-0.39, 0.29) is 0 Å². The van der Waals surface area contributed by atoms with Crippen LogP contribution in [0.1, 0.15) is 24.7 Å². The van der Waals surface area contributed by atoms with Crippen LogP contribution in [0.25, 0.3) is 0 Å². The lowest BCUT2D eigenvalue weighted by molar-refractivity contribution is 1.15. The van der Waals surface area contributed by atoms with Gasteiger partial charge in [-0.1, -0.05) is 12.8 Å². The van der Waals surface area contributed by atoms with Gasteiger partial charge in [0.1, 0.15) is 5.69 Å². The summed E-state index contributed by atoms with van der Waals surface area (Å²) < 4.78 is 1.03. The first kappa shape index (κ1) is 9.28. The van der Waals surface area contributed by atoms with E-state index in [1.165, 1.54) is 0 Å². The normalized spacial score (nSPS) is 8.92. The fourth-order valence-electron chi connectivity index (χ4n) is 0.793. The van der Waals surface area contributed by atoms with Gasteiger partial charge in [0.05, 0.1) is 5.69 Å². The molecule has 1 aromatic heterocycles. The number of aryl methyl sites for hydroxylation is 1. The van der Waals surface area contributed by atoms with E-state index in [1.807, 2.05) is 26.0 Å². The third-order valence-corrected chi connectivity index (χ3v) is 2.25. The molecule has 12 heavy (non-hydrogen) atoms. The van der Waals surface area contributed by atoms with Crippen LogP contribution < -0.4 is 0 Å². The molecular formula is C10H10BrN. The second-order valence-electron chi connectivity index (χ2n) is 2.42. The summed E-state index contributed by atoms with van der Waals surface area (Å²) >= 11 is 3.39. The van der Waals surface area contributed by atoms with Crippen LogP contribution in [-0.4, -0.2) is 4.98 Å². The molecule has 1 rings (SSSR count). The molecule has 0 aliphatic heterocycles. The van der Waals surface area contributed by atoms with Crippen molar-refractivity contribution in [3.63, 3.8) is 0 Å². The van der Waals surface area contributed by atoms with E-state index >= 15 is 0 Å². The topological polar surface area (TPSA) is 12.9 Å². The Balaban J connectivity index is 2.97. The second-order valence-corrected chi connectivity index (χ2v) is 3.27. The van der Waals surface area contributed by atoms with Crippen LogP contribution >= 0.6 is 15.9 Å². The Labute approximate surface area is 81.3 Å². The van der Waals surface area contributed by atoms with Crippen molar-refractivity contribution in [3.8, 4) is 11.8 Å². The zero-order chi connectivity index (χ0) is 8.97. The molecule has 0 N–H and O–H groups in total. The first-order chi connectivity index (χ1) is 5.74. The van der Waals surface area contributed by atoms with Crippen molar-refractivity contribution < 1.29 is 0 Å². The Morgan fingerprint density at radius 1 is 1.50 bits per heavy atom. The molecule has 1 nitrogen and oxygen atoms in total. The summed E-state index contributed by atoms with van der Waals surface area (Å²) in [4.78, 5) is 4.29. The maximum atomic E-state index is 4.29. The molecule has 0 aliphatic carbocycles. The molecule has 0 atom stereocenters. The molecule has 0 bridgehead atoms. The lowest BCUT2D eigenvalue weighted by Crippen LogP contribution is -1.86. The highest BCUT2D eigenvalue weighted by molar-refractivity contribution is 9.10. The highest BCUT2D eigenvalue weighted by atomic mass is 79.9. The first-order valence-electron chi connectivity index (χ1n) is 3.86. The maximum absolute atomic E-state index is 4.29. The number of halogens is 1. The van der Waals surface area contributed by atoms with Gasteiger partial charge in [-0.25, -0.2) is 4.98 Å². The van der Waals surface area contributed by atoms with E-state index in [0.29, 0.717) is 0 Å². The van der Waals surface area contributed by atoms with Gasteiger partial charge in [-0.05, 0) is 40.9 Å². The zero-order valence-corrected chi connectivity index (χ0v) is 8.77. The molecular weight excluding hydrogens is 214 g/mol. The summed E-state index contributed by atoms with van der Waals surface area (Å²) in [6.45, 7) is 3.99. The smallest absolute Gasteiger partial charge is 0.113 e. The molecule has 1 aromatic rings. The van der Waals surface area contributed by atoms with Gasteiger partial charge in [-0.15, -0.1) is 0 Å². The minimum atomic E-state index is 0.845. The van der Waals surface area contributed by atoms with Gasteiger partial charge in [0.25, 0.3) is 0 Å². The highest BCUT2D eigenvalue weighted by Crippen LogP contribution is 2.12. The van der Waals surface area contributed by atoms with Gasteiger partial charge < -0.3 is 0 Å². The number of pyridine rings is 1. The molecule has 0 aromatic carbocycles. The Hall–Kier alpha value is -0.810. The molecule has 0 aliphatic rings. The predicted molar refractivity (Wildman–Crippen MR) is 53.8 cm³/mol. The molecule has 0 saturated heterocycles. The summed E-state index contributed by atoms with van der Waals surface area (Å²) in [7, 11) is 0. The van der Waals surface area contributed by atoms with Gasteiger partial charge in [0.15, 0.2) is 0 Å². The number of rotatable bonds is 0. The lowest BCUT2D eigenvalue weighted by atomic mass is 10.3. The molecule has 1 heterocycles. The second kappa shape index (κ2) is 4.27. The molecule has 0 radical (unpaired) electrons. The van der Waals surface area contributed by atoms with E-state index in [0.717, 1.165) is 22.3 Å². The molecule has 0 saturated carbocycles. The average Bonchev–Trinajstić information content (AvgIpc) is 2.07. The minimum Gasteiger partial charge on any atom is -0.243 e. The molecule has 62 valence electrons. The highest BCUT2D eigenvalue weighted by Gasteiger charge is 1.94. The van der Waals surface area contributed by atoms with Crippen molar-refractivity contribution in [2.45, 2.75) is 20.3 Å². The summed E-state index contributed by atoms with van der Waals surface area (Å²) in [6, 6.07) is 3.89. The van der Waals surface area contributed by atoms with E-state index in [1.54, 1.807) is 0 Å². The Bertz CT molecular complexity index is 333. The monoisotopic (exact) mass is 223 g/mol. The number of hydrogen-bond donors (Lipinski definition) is 0.